The Labute approximate surface area is 102 Å². The van der Waals surface area contributed by atoms with Crippen molar-refractivity contribution in [1.29, 1.82) is 0 Å². The molecule has 3 heteroatoms. The molecule has 16 heavy (non-hydrogen) atoms. The maximum atomic E-state index is 2.46. The van der Waals surface area contributed by atoms with Gasteiger partial charge in [-0.15, -0.1) is 0 Å². The van der Waals surface area contributed by atoms with Gasteiger partial charge in [-0.1, -0.05) is 0 Å². The highest BCUT2D eigenvalue weighted by Gasteiger charge is 2.41. The van der Waals surface area contributed by atoms with E-state index >= 15 is 0 Å². The van der Waals surface area contributed by atoms with Crippen LogP contribution in [0.1, 0.15) is 41.5 Å². The summed E-state index contributed by atoms with van der Waals surface area (Å²) in [4.78, 5) is 4.64. The number of hydrogen-bond acceptors (Lipinski definition) is 0. The average molecular weight is 228 g/mol. The van der Waals surface area contributed by atoms with Crippen molar-refractivity contribution in [2.75, 3.05) is 28.2 Å². The monoisotopic (exact) mass is 228 g/mol. The van der Waals surface area contributed by atoms with Crippen LogP contribution in [0.5, 0.6) is 0 Å². The van der Waals surface area contributed by atoms with Gasteiger partial charge in [-0.25, -0.2) is 0 Å². The van der Waals surface area contributed by atoms with E-state index in [1.54, 1.807) is 0 Å². The minimum atomic E-state index is 0.0993. The van der Waals surface area contributed by atoms with Crippen LogP contribution in [0, 0.1) is 0 Å². The van der Waals surface area contributed by atoms with E-state index in [1.807, 2.05) is 0 Å². The Kier molecular flexibility index (Phi) is 4.43. The van der Waals surface area contributed by atoms with Crippen molar-refractivity contribution in [2.45, 2.75) is 52.6 Å². The number of rotatable bonds is 0. The fourth-order valence-electron chi connectivity index (χ4n) is 2.41. The first kappa shape index (κ1) is 15.3. The van der Waals surface area contributed by atoms with Crippen LogP contribution in [-0.4, -0.2) is 59.6 Å². The van der Waals surface area contributed by atoms with Crippen molar-refractivity contribution in [3.8, 4) is 0 Å². The second-order valence-corrected chi connectivity index (χ2v) is 6.77. The lowest BCUT2D eigenvalue weighted by Gasteiger charge is -2.43. The van der Waals surface area contributed by atoms with Crippen LogP contribution in [0.2, 0.25) is 0 Å². The molecule has 0 aromatic rings. The van der Waals surface area contributed by atoms with Gasteiger partial charge in [0.1, 0.15) is 0 Å². The third kappa shape index (κ3) is 3.69. The first-order valence-electron chi connectivity index (χ1n) is 5.91. The minimum absolute atomic E-state index is 0.0993. The fraction of sp³-hybridized carbons (Fsp3) is 0.923. The molecule has 0 aromatic carbocycles. The Balaban J connectivity index is 5.62. The van der Waals surface area contributed by atoms with E-state index in [2.05, 4.69) is 84.1 Å². The van der Waals surface area contributed by atoms with E-state index in [0.29, 0.717) is 0 Å². The van der Waals surface area contributed by atoms with Crippen LogP contribution < -0.4 is 0 Å². The molecule has 0 bridgehead atoms. The first-order valence-corrected chi connectivity index (χ1v) is 5.91. The summed E-state index contributed by atoms with van der Waals surface area (Å²) in [7, 11) is 8.39. The van der Waals surface area contributed by atoms with Crippen LogP contribution in [0.4, 0.5) is 0 Å². The van der Waals surface area contributed by atoms with Gasteiger partial charge >= 0.3 is 5.96 Å². The van der Waals surface area contributed by atoms with Gasteiger partial charge in [0, 0.05) is 0 Å². The van der Waals surface area contributed by atoms with Gasteiger partial charge in [0.05, 0.1) is 39.3 Å². The molecule has 0 atom stereocenters. The molecule has 0 aliphatic rings. The molecule has 0 radical (unpaired) electrons. The topological polar surface area (TPSA) is 9.49 Å². The van der Waals surface area contributed by atoms with E-state index in [9.17, 15) is 0 Å². The molecule has 0 saturated carbocycles. The third-order valence-corrected chi connectivity index (χ3v) is 2.34. The molecule has 0 aliphatic carbocycles. The van der Waals surface area contributed by atoms with Gasteiger partial charge in [-0.2, -0.15) is 0 Å². The van der Waals surface area contributed by atoms with E-state index < -0.39 is 0 Å². The predicted octanol–water partition coefficient (Wildman–Crippen LogP) is 2.08. The first-order chi connectivity index (χ1) is 6.89. The van der Waals surface area contributed by atoms with E-state index in [4.69, 9.17) is 0 Å². The summed E-state index contributed by atoms with van der Waals surface area (Å²) < 4.78 is 2.18. The normalized spacial score (nSPS) is 12.4. The van der Waals surface area contributed by atoms with Gasteiger partial charge in [0.25, 0.3) is 0 Å². The Morgan fingerprint density at radius 3 is 1.19 bits per heavy atom. The summed E-state index contributed by atoms with van der Waals surface area (Å²) in [5, 5.41) is 0. The maximum Gasteiger partial charge on any atom is 0.350 e. The van der Waals surface area contributed by atoms with Crippen molar-refractivity contribution in [3.63, 3.8) is 0 Å². The zero-order valence-electron chi connectivity index (χ0n) is 12.8. The quantitative estimate of drug-likeness (QED) is 0.357. The van der Waals surface area contributed by atoms with Crippen molar-refractivity contribution < 1.29 is 4.58 Å². The largest absolute Gasteiger partial charge is 0.350 e. The van der Waals surface area contributed by atoms with Gasteiger partial charge in [0.2, 0.25) is 0 Å². The van der Waals surface area contributed by atoms with Gasteiger partial charge in [-0.05, 0) is 41.5 Å². The maximum absolute atomic E-state index is 2.46. The Morgan fingerprint density at radius 2 is 1.12 bits per heavy atom. The number of hydrogen-bond donors (Lipinski definition) is 0. The second-order valence-electron chi connectivity index (χ2n) is 6.77. The number of guanidine groups is 1. The van der Waals surface area contributed by atoms with Gasteiger partial charge in [-0.3, -0.25) is 14.4 Å². The third-order valence-electron chi connectivity index (χ3n) is 2.34. The summed E-state index contributed by atoms with van der Waals surface area (Å²) in [6.07, 6.45) is 0. The molecule has 0 saturated heterocycles. The minimum Gasteiger partial charge on any atom is -0.270 e. The smallest absolute Gasteiger partial charge is 0.270 e. The molecule has 0 spiro atoms. The molecule has 96 valence electrons. The fourth-order valence-corrected chi connectivity index (χ4v) is 2.41. The molecular formula is C13H30N3+. The molecule has 0 unspecified atom stereocenters. The van der Waals surface area contributed by atoms with Crippen molar-refractivity contribution >= 4 is 5.96 Å². The highest BCUT2D eigenvalue weighted by molar-refractivity contribution is 5.76. The van der Waals surface area contributed by atoms with Crippen molar-refractivity contribution in [3.05, 3.63) is 0 Å². The predicted molar refractivity (Wildman–Crippen MR) is 72.1 cm³/mol. The second kappa shape index (κ2) is 4.64. The molecular weight excluding hydrogens is 198 g/mol. The molecule has 3 nitrogen and oxygen atoms in total. The summed E-state index contributed by atoms with van der Waals surface area (Å²) in [6, 6.07) is 0. The molecule has 0 aliphatic heterocycles. The van der Waals surface area contributed by atoms with Crippen molar-refractivity contribution in [2.24, 2.45) is 0 Å². The molecule has 0 fully saturated rings. The Hall–Kier alpha value is -0.730. The van der Waals surface area contributed by atoms with Gasteiger partial charge < -0.3 is 0 Å². The average Bonchev–Trinajstić information content (AvgIpc) is 1.93. The van der Waals surface area contributed by atoms with Crippen LogP contribution in [-0.2, 0) is 0 Å². The van der Waals surface area contributed by atoms with Crippen LogP contribution in [0.3, 0.4) is 0 Å². The molecule has 0 N–H and O–H groups in total. The molecule has 0 rings (SSSR count). The van der Waals surface area contributed by atoms with Crippen LogP contribution in [0.15, 0.2) is 0 Å². The Morgan fingerprint density at radius 1 is 0.812 bits per heavy atom. The Bertz CT molecular complexity index is 246. The van der Waals surface area contributed by atoms with E-state index in [1.165, 1.54) is 5.96 Å². The summed E-state index contributed by atoms with van der Waals surface area (Å²) >= 11 is 0. The van der Waals surface area contributed by atoms with E-state index in [0.717, 1.165) is 0 Å². The summed E-state index contributed by atoms with van der Waals surface area (Å²) in [6.45, 7) is 13.5. The highest BCUT2D eigenvalue weighted by atomic mass is 15.4. The molecule has 0 aromatic heterocycles. The van der Waals surface area contributed by atoms with Crippen LogP contribution >= 0.6 is 0 Å². The summed E-state index contributed by atoms with van der Waals surface area (Å²) in [5.74, 6) is 1.24. The highest BCUT2D eigenvalue weighted by Crippen LogP contribution is 2.25. The molecule has 0 heterocycles. The van der Waals surface area contributed by atoms with Crippen LogP contribution in [0.25, 0.3) is 0 Å². The SMILES string of the molecule is CN(C)C(N(C(C)(C)C)C(C)(C)C)=[N+](C)C. The summed E-state index contributed by atoms with van der Waals surface area (Å²) in [5.41, 5.74) is 0.199. The zero-order valence-corrected chi connectivity index (χ0v) is 12.8. The molecule has 0 amide bonds. The lowest BCUT2D eigenvalue weighted by atomic mass is 9.96. The van der Waals surface area contributed by atoms with Crippen molar-refractivity contribution in [1.82, 2.24) is 9.80 Å². The zero-order chi connectivity index (χ0) is 13.3. The number of nitrogens with zero attached hydrogens (tertiary/aromatic N) is 3. The van der Waals surface area contributed by atoms with Gasteiger partial charge in [0.15, 0.2) is 0 Å². The van der Waals surface area contributed by atoms with E-state index in [-0.39, 0.29) is 11.1 Å². The standard InChI is InChI=1S/C13H30N3/c1-12(2,3)16(13(4,5)6)11(14(7)8)15(9)10/h1-10H3/q+1. The lowest BCUT2D eigenvalue weighted by Crippen LogP contribution is -2.61. The lowest BCUT2D eigenvalue weighted by molar-refractivity contribution is -0.478.